The number of nitrogens with zero attached hydrogens (tertiary/aromatic N) is 1. The number of hydrogen-bond acceptors (Lipinski definition) is 3. The predicted octanol–water partition coefficient (Wildman–Crippen LogP) is 5.57. The molecule has 0 aliphatic carbocycles. The molecular weight excluding hydrogens is 425 g/mol. The van der Waals surface area contributed by atoms with E-state index in [9.17, 15) is 14.3 Å². The highest BCUT2D eigenvalue weighted by atomic mass is 79.9. The Morgan fingerprint density at radius 3 is 2.57 bits per heavy atom. The third-order valence-electron chi connectivity index (χ3n) is 4.65. The summed E-state index contributed by atoms with van der Waals surface area (Å²) >= 11 is 3.37. The molecule has 6 heteroatoms. The SMILES string of the molecule is C=CCC(O)(CCN(C)C(=O)OC(C)c1ccc(Br)cc1)c1ccccc1F. The lowest BCUT2D eigenvalue weighted by atomic mass is 9.86. The van der Waals surface area contributed by atoms with Gasteiger partial charge in [0, 0.05) is 23.6 Å². The topological polar surface area (TPSA) is 49.8 Å². The Bertz CT molecular complexity index is 812. The van der Waals surface area contributed by atoms with Gasteiger partial charge in [0.1, 0.15) is 11.9 Å². The molecule has 0 radical (unpaired) electrons. The Balaban J connectivity index is 2.01. The van der Waals surface area contributed by atoms with Gasteiger partial charge in [-0.25, -0.2) is 9.18 Å². The van der Waals surface area contributed by atoms with Crippen molar-refractivity contribution >= 4 is 22.0 Å². The van der Waals surface area contributed by atoms with Crippen LogP contribution >= 0.6 is 15.9 Å². The van der Waals surface area contributed by atoms with Gasteiger partial charge in [-0.05, 0) is 43.5 Å². The molecule has 150 valence electrons. The highest BCUT2D eigenvalue weighted by molar-refractivity contribution is 9.10. The number of carbonyl (C=O) groups is 1. The zero-order valence-electron chi connectivity index (χ0n) is 16.1. The quantitative estimate of drug-likeness (QED) is 0.535. The number of amides is 1. The van der Waals surface area contributed by atoms with Gasteiger partial charge in [-0.3, -0.25) is 0 Å². The fourth-order valence-corrected chi connectivity index (χ4v) is 3.18. The molecule has 2 aromatic carbocycles. The monoisotopic (exact) mass is 449 g/mol. The Kier molecular flexibility index (Phi) is 7.78. The third-order valence-corrected chi connectivity index (χ3v) is 5.18. The Labute approximate surface area is 173 Å². The molecule has 4 nitrogen and oxygen atoms in total. The largest absolute Gasteiger partial charge is 0.442 e. The minimum atomic E-state index is -1.45. The standard InChI is InChI=1S/C22H25BrFNO3/c1-4-13-22(27,19-7-5-6-8-20(19)24)14-15-25(3)21(26)28-16(2)17-9-11-18(23)12-10-17/h4-12,16,27H,1,13-15H2,2-3H3. The lowest BCUT2D eigenvalue weighted by molar-refractivity contribution is 0.0153. The van der Waals surface area contributed by atoms with E-state index in [-0.39, 0.29) is 24.9 Å². The van der Waals surface area contributed by atoms with E-state index in [0.717, 1.165) is 10.0 Å². The number of ether oxygens (including phenoxy) is 1. The summed E-state index contributed by atoms with van der Waals surface area (Å²) in [6.45, 7) is 5.64. The average Bonchev–Trinajstić information content (AvgIpc) is 2.67. The fourth-order valence-electron chi connectivity index (χ4n) is 2.91. The summed E-state index contributed by atoms with van der Waals surface area (Å²) in [5.74, 6) is -0.485. The van der Waals surface area contributed by atoms with Crippen LogP contribution in [-0.2, 0) is 10.3 Å². The third kappa shape index (κ3) is 5.66. The Hall–Kier alpha value is -2.18. The van der Waals surface area contributed by atoms with Gasteiger partial charge in [-0.2, -0.15) is 0 Å². The molecule has 1 N–H and O–H groups in total. The van der Waals surface area contributed by atoms with E-state index in [2.05, 4.69) is 22.5 Å². The maximum absolute atomic E-state index is 14.2. The molecule has 1 amide bonds. The van der Waals surface area contributed by atoms with Crippen LogP contribution in [0.4, 0.5) is 9.18 Å². The lowest BCUT2D eigenvalue weighted by Gasteiger charge is -2.30. The molecule has 0 aliphatic heterocycles. The molecule has 0 bridgehead atoms. The molecule has 28 heavy (non-hydrogen) atoms. The van der Waals surface area contributed by atoms with E-state index in [1.165, 1.54) is 11.0 Å². The van der Waals surface area contributed by atoms with Gasteiger partial charge in [0.15, 0.2) is 0 Å². The number of carbonyl (C=O) groups excluding carboxylic acids is 1. The van der Waals surface area contributed by atoms with E-state index >= 15 is 0 Å². The fraction of sp³-hybridized carbons (Fsp3) is 0.318. The molecule has 2 atom stereocenters. The van der Waals surface area contributed by atoms with Crippen molar-refractivity contribution in [1.82, 2.24) is 4.90 Å². The summed E-state index contributed by atoms with van der Waals surface area (Å²) in [6.07, 6.45) is 0.941. The molecule has 0 aromatic heterocycles. The van der Waals surface area contributed by atoms with Crippen molar-refractivity contribution in [3.63, 3.8) is 0 Å². The second kappa shape index (κ2) is 9.85. The second-order valence-corrected chi connectivity index (χ2v) is 7.67. The van der Waals surface area contributed by atoms with Crippen molar-refractivity contribution in [3.05, 3.63) is 82.6 Å². The summed E-state index contributed by atoms with van der Waals surface area (Å²) < 4.78 is 20.6. The maximum atomic E-state index is 14.2. The van der Waals surface area contributed by atoms with Crippen LogP contribution < -0.4 is 0 Å². The molecule has 0 fully saturated rings. The van der Waals surface area contributed by atoms with E-state index in [1.54, 1.807) is 38.2 Å². The van der Waals surface area contributed by atoms with E-state index in [0.29, 0.717) is 0 Å². The second-order valence-electron chi connectivity index (χ2n) is 6.75. The van der Waals surface area contributed by atoms with Crippen molar-refractivity contribution in [2.24, 2.45) is 0 Å². The zero-order chi connectivity index (χ0) is 20.7. The normalized spacial score (nSPS) is 14.0. The summed E-state index contributed by atoms with van der Waals surface area (Å²) in [4.78, 5) is 13.8. The van der Waals surface area contributed by atoms with Crippen LogP contribution in [0.1, 0.15) is 37.0 Å². The zero-order valence-corrected chi connectivity index (χ0v) is 17.7. The molecule has 2 rings (SSSR count). The van der Waals surface area contributed by atoms with Crippen LogP contribution in [0.2, 0.25) is 0 Å². The van der Waals surface area contributed by atoms with E-state index in [4.69, 9.17) is 4.74 Å². The van der Waals surface area contributed by atoms with Crippen LogP contribution in [0.3, 0.4) is 0 Å². The van der Waals surface area contributed by atoms with Crippen LogP contribution in [0.5, 0.6) is 0 Å². The number of hydrogen-bond donors (Lipinski definition) is 1. The van der Waals surface area contributed by atoms with Crippen LogP contribution in [-0.4, -0.2) is 29.7 Å². The molecular formula is C22H25BrFNO3. The smallest absolute Gasteiger partial charge is 0.410 e. The first-order valence-electron chi connectivity index (χ1n) is 9.02. The van der Waals surface area contributed by atoms with Crippen LogP contribution in [0.15, 0.2) is 65.7 Å². The number of rotatable bonds is 8. The van der Waals surface area contributed by atoms with Gasteiger partial charge in [0.05, 0.1) is 5.60 Å². The molecule has 2 unspecified atom stereocenters. The predicted molar refractivity (Wildman–Crippen MR) is 111 cm³/mol. The Morgan fingerprint density at radius 2 is 1.96 bits per heavy atom. The Morgan fingerprint density at radius 1 is 1.32 bits per heavy atom. The van der Waals surface area contributed by atoms with Crippen molar-refractivity contribution in [2.75, 3.05) is 13.6 Å². The van der Waals surface area contributed by atoms with E-state index in [1.807, 2.05) is 24.3 Å². The molecule has 0 aliphatic rings. The van der Waals surface area contributed by atoms with Crippen molar-refractivity contribution < 1.29 is 19.0 Å². The highest BCUT2D eigenvalue weighted by Crippen LogP contribution is 2.31. The minimum Gasteiger partial charge on any atom is -0.442 e. The summed E-state index contributed by atoms with van der Waals surface area (Å²) in [5, 5.41) is 11.0. The number of aliphatic hydroxyl groups is 1. The van der Waals surface area contributed by atoms with Crippen LogP contribution in [0.25, 0.3) is 0 Å². The van der Waals surface area contributed by atoms with Crippen molar-refractivity contribution in [2.45, 2.75) is 31.5 Å². The highest BCUT2D eigenvalue weighted by Gasteiger charge is 2.31. The number of benzene rings is 2. The first kappa shape index (κ1) is 22.1. The van der Waals surface area contributed by atoms with Gasteiger partial charge in [-0.15, -0.1) is 6.58 Å². The summed E-state index contributed by atoms with van der Waals surface area (Å²) in [5.41, 5.74) is -0.377. The molecule has 0 saturated heterocycles. The van der Waals surface area contributed by atoms with Gasteiger partial charge < -0.3 is 14.7 Å². The van der Waals surface area contributed by atoms with Gasteiger partial charge in [0.25, 0.3) is 0 Å². The van der Waals surface area contributed by atoms with E-state index < -0.39 is 23.6 Å². The minimum absolute atomic E-state index is 0.151. The average molecular weight is 450 g/mol. The van der Waals surface area contributed by atoms with Crippen LogP contribution in [0, 0.1) is 5.82 Å². The number of halogens is 2. The van der Waals surface area contributed by atoms with Gasteiger partial charge in [0.2, 0.25) is 0 Å². The van der Waals surface area contributed by atoms with Gasteiger partial charge in [-0.1, -0.05) is 52.3 Å². The van der Waals surface area contributed by atoms with Crippen molar-refractivity contribution in [3.8, 4) is 0 Å². The molecule has 0 saturated carbocycles. The first-order valence-corrected chi connectivity index (χ1v) is 9.81. The van der Waals surface area contributed by atoms with Gasteiger partial charge >= 0.3 is 6.09 Å². The summed E-state index contributed by atoms with van der Waals surface area (Å²) in [6, 6.07) is 13.6. The van der Waals surface area contributed by atoms with Crippen molar-refractivity contribution in [1.29, 1.82) is 0 Å². The molecule has 0 spiro atoms. The summed E-state index contributed by atoms with van der Waals surface area (Å²) in [7, 11) is 1.59. The molecule has 2 aromatic rings. The molecule has 0 heterocycles. The maximum Gasteiger partial charge on any atom is 0.410 e. The first-order chi connectivity index (χ1) is 13.3. The lowest BCUT2D eigenvalue weighted by Crippen LogP contribution is -2.35.